The zero-order valence-corrected chi connectivity index (χ0v) is 12.0. The van der Waals surface area contributed by atoms with Gasteiger partial charge in [0.15, 0.2) is 0 Å². The van der Waals surface area contributed by atoms with Crippen molar-refractivity contribution in [1.29, 1.82) is 0 Å². The van der Waals surface area contributed by atoms with Crippen LogP contribution >= 0.6 is 0 Å². The first-order chi connectivity index (χ1) is 10.5. The van der Waals surface area contributed by atoms with E-state index in [9.17, 15) is 19.1 Å². The fraction of sp³-hybridized carbons (Fsp3) is 0.333. The van der Waals surface area contributed by atoms with Gasteiger partial charge in [-0.1, -0.05) is 12.1 Å². The van der Waals surface area contributed by atoms with E-state index in [4.69, 9.17) is 0 Å². The van der Waals surface area contributed by atoms with Crippen LogP contribution in [0.2, 0.25) is 0 Å². The molecule has 0 radical (unpaired) electrons. The SMILES string of the molecule is C[C@@H](O)CN1CC2=C(C1=O)C(c1ccc(F)cc1)NC(=O)N2. The van der Waals surface area contributed by atoms with Crippen molar-refractivity contribution >= 4 is 11.9 Å². The third-order valence-corrected chi connectivity index (χ3v) is 3.71. The Kier molecular flexibility index (Phi) is 3.58. The summed E-state index contributed by atoms with van der Waals surface area (Å²) in [6.07, 6.45) is -0.654. The van der Waals surface area contributed by atoms with Gasteiger partial charge in [0, 0.05) is 6.54 Å². The number of aliphatic hydroxyl groups is 1. The Morgan fingerprint density at radius 1 is 1.36 bits per heavy atom. The lowest BCUT2D eigenvalue weighted by molar-refractivity contribution is -0.126. The fourth-order valence-corrected chi connectivity index (χ4v) is 2.80. The predicted molar refractivity (Wildman–Crippen MR) is 76.1 cm³/mol. The smallest absolute Gasteiger partial charge is 0.319 e. The molecule has 0 saturated carbocycles. The molecular formula is C15H16FN3O3. The van der Waals surface area contributed by atoms with Crippen LogP contribution in [0, 0.1) is 5.82 Å². The summed E-state index contributed by atoms with van der Waals surface area (Å²) in [5.74, 6) is -0.621. The first-order valence-electron chi connectivity index (χ1n) is 6.99. The summed E-state index contributed by atoms with van der Waals surface area (Å²) in [6.45, 7) is 2.04. The Hall–Kier alpha value is -2.41. The van der Waals surface area contributed by atoms with Gasteiger partial charge in [-0.05, 0) is 24.6 Å². The van der Waals surface area contributed by atoms with Gasteiger partial charge in [0.2, 0.25) is 0 Å². The monoisotopic (exact) mass is 305 g/mol. The Labute approximate surface area is 126 Å². The summed E-state index contributed by atoms with van der Waals surface area (Å²) in [5.41, 5.74) is 1.60. The van der Waals surface area contributed by atoms with Gasteiger partial charge < -0.3 is 20.6 Å². The van der Waals surface area contributed by atoms with Gasteiger partial charge in [0.1, 0.15) is 5.82 Å². The molecule has 1 aromatic rings. The molecule has 0 aromatic heterocycles. The second kappa shape index (κ2) is 5.42. The van der Waals surface area contributed by atoms with E-state index >= 15 is 0 Å². The van der Waals surface area contributed by atoms with E-state index < -0.39 is 18.2 Å². The number of nitrogens with zero attached hydrogens (tertiary/aromatic N) is 1. The standard InChI is InChI=1S/C15H16FN3O3/c1-8(20)6-19-7-11-12(14(19)21)13(18-15(22)17-11)9-2-4-10(16)5-3-9/h2-5,8,13,20H,6-7H2,1H3,(H2,17,18,22)/t8-,13?/m1/s1. The molecule has 2 heterocycles. The van der Waals surface area contributed by atoms with Gasteiger partial charge in [-0.2, -0.15) is 0 Å². The minimum absolute atomic E-state index is 0.192. The highest BCUT2D eigenvalue weighted by Gasteiger charge is 2.40. The number of amides is 3. The minimum Gasteiger partial charge on any atom is -0.392 e. The van der Waals surface area contributed by atoms with Crippen LogP contribution in [0.25, 0.3) is 0 Å². The van der Waals surface area contributed by atoms with Crippen molar-refractivity contribution in [3.05, 3.63) is 46.9 Å². The Morgan fingerprint density at radius 2 is 2.05 bits per heavy atom. The van der Waals surface area contributed by atoms with Crippen LogP contribution in [0.3, 0.4) is 0 Å². The van der Waals surface area contributed by atoms with E-state index in [1.54, 1.807) is 19.1 Å². The van der Waals surface area contributed by atoms with E-state index in [-0.39, 0.29) is 24.8 Å². The minimum atomic E-state index is -0.654. The van der Waals surface area contributed by atoms with E-state index in [0.29, 0.717) is 16.8 Å². The van der Waals surface area contributed by atoms with Crippen molar-refractivity contribution in [3.63, 3.8) is 0 Å². The average Bonchev–Trinajstić information content (AvgIpc) is 2.74. The summed E-state index contributed by atoms with van der Waals surface area (Å²) in [7, 11) is 0. The molecule has 3 amide bonds. The van der Waals surface area contributed by atoms with E-state index in [1.807, 2.05) is 0 Å². The zero-order chi connectivity index (χ0) is 15.9. The maximum Gasteiger partial charge on any atom is 0.319 e. The lowest BCUT2D eigenvalue weighted by Crippen LogP contribution is -2.44. The molecule has 116 valence electrons. The Bertz CT molecular complexity index is 655. The number of rotatable bonds is 3. The van der Waals surface area contributed by atoms with Crippen LogP contribution in [-0.2, 0) is 4.79 Å². The summed E-state index contributed by atoms with van der Waals surface area (Å²) in [5, 5.41) is 14.8. The molecule has 1 unspecified atom stereocenters. The van der Waals surface area contributed by atoms with Crippen molar-refractivity contribution in [2.75, 3.05) is 13.1 Å². The summed E-state index contributed by atoms with van der Waals surface area (Å²) < 4.78 is 13.1. The van der Waals surface area contributed by atoms with E-state index in [0.717, 1.165) is 0 Å². The average molecular weight is 305 g/mol. The van der Waals surface area contributed by atoms with Crippen molar-refractivity contribution in [2.24, 2.45) is 0 Å². The van der Waals surface area contributed by atoms with Gasteiger partial charge in [-0.15, -0.1) is 0 Å². The van der Waals surface area contributed by atoms with Gasteiger partial charge >= 0.3 is 6.03 Å². The second-order valence-corrected chi connectivity index (χ2v) is 5.51. The van der Waals surface area contributed by atoms with Crippen LogP contribution < -0.4 is 10.6 Å². The van der Waals surface area contributed by atoms with Crippen LogP contribution in [0.4, 0.5) is 9.18 Å². The van der Waals surface area contributed by atoms with Gasteiger partial charge in [0.05, 0.1) is 30.0 Å². The summed E-state index contributed by atoms with van der Waals surface area (Å²) in [6, 6.07) is 4.64. The normalized spacial score (nSPS) is 22.3. The van der Waals surface area contributed by atoms with Crippen molar-refractivity contribution in [2.45, 2.75) is 19.1 Å². The summed E-state index contributed by atoms with van der Waals surface area (Å²) >= 11 is 0. The topological polar surface area (TPSA) is 81.7 Å². The summed E-state index contributed by atoms with van der Waals surface area (Å²) in [4.78, 5) is 25.8. The third-order valence-electron chi connectivity index (χ3n) is 3.71. The Balaban J connectivity index is 1.94. The molecule has 2 aliphatic rings. The van der Waals surface area contributed by atoms with Crippen LogP contribution in [-0.4, -0.2) is 41.1 Å². The number of benzene rings is 1. The lowest BCUT2D eigenvalue weighted by Gasteiger charge is -2.25. The molecule has 6 nitrogen and oxygen atoms in total. The molecule has 0 aliphatic carbocycles. The predicted octanol–water partition coefficient (Wildman–Crippen LogP) is 0.657. The van der Waals surface area contributed by atoms with Crippen LogP contribution in [0.15, 0.2) is 35.5 Å². The molecule has 2 atom stereocenters. The molecule has 3 N–H and O–H groups in total. The number of hydrogen-bond donors (Lipinski definition) is 3. The highest BCUT2D eigenvalue weighted by molar-refractivity contribution is 6.01. The number of carbonyl (C=O) groups is 2. The maximum atomic E-state index is 13.1. The number of carbonyl (C=O) groups excluding carboxylic acids is 2. The molecule has 0 saturated heterocycles. The number of β-amino-alcohol motifs (C(OH)–C–C–N with tert-alkyl or cyclic N) is 1. The van der Waals surface area contributed by atoms with Crippen molar-refractivity contribution < 1.29 is 19.1 Å². The number of halogens is 1. The molecule has 3 rings (SSSR count). The van der Waals surface area contributed by atoms with Gasteiger partial charge in [-0.3, -0.25) is 4.79 Å². The number of aliphatic hydroxyl groups excluding tert-OH is 1. The number of nitrogens with one attached hydrogen (secondary N) is 2. The van der Waals surface area contributed by atoms with Gasteiger partial charge in [0.25, 0.3) is 5.91 Å². The molecular weight excluding hydrogens is 289 g/mol. The highest BCUT2D eigenvalue weighted by Crippen LogP contribution is 2.32. The number of urea groups is 1. The van der Waals surface area contributed by atoms with Crippen LogP contribution in [0.5, 0.6) is 0 Å². The van der Waals surface area contributed by atoms with Crippen molar-refractivity contribution in [1.82, 2.24) is 15.5 Å². The lowest BCUT2D eigenvalue weighted by atomic mass is 9.96. The van der Waals surface area contributed by atoms with E-state index in [1.165, 1.54) is 17.0 Å². The molecule has 7 heteroatoms. The first kappa shape index (κ1) is 14.5. The number of hydrogen-bond acceptors (Lipinski definition) is 3. The molecule has 0 fully saturated rings. The first-order valence-corrected chi connectivity index (χ1v) is 6.99. The zero-order valence-electron chi connectivity index (χ0n) is 12.0. The maximum absolute atomic E-state index is 13.1. The van der Waals surface area contributed by atoms with E-state index in [2.05, 4.69) is 10.6 Å². The molecule has 0 bridgehead atoms. The Morgan fingerprint density at radius 3 is 2.68 bits per heavy atom. The van der Waals surface area contributed by atoms with Crippen molar-refractivity contribution in [3.8, 4) is 0 Å². The second-order valence-electron chi connectivity index (χ2n) is 5.51. The molecule has 2 aliphatic heterocycles. The highest BCUT2D eigenvalue weighted by atomic mass is 19.1. The molecule has 1 aromatic carbocycles. The quantitative estimate of drug-likeness (QED) is 0.767. The largest absolute Gasteiger partial charge is 0.392 e. The molecule has 0 spiro atoms. The third kappa shape index (κ3) is 2.55. The van der Waals surface area contributed by atoms with Gasteiger partial charge in [-0.25, -0.2) is 9.18 Å². The fourth-order valence-electron chi connectivity index (χ4n) is 2.80. The van der Waals surface area contributed by atoms with Crippen LogP contribution in [0.1, 0.15) is 18.5 Å². The molecule has 22 heavy (non-hydrogen) atoms.